The normalized spacial score (nSPS) is 17.3. The maximum absolute atomic E-state index is 11.7. The molecule has 2 rings (SSSR count). The number of nitrogens with one attached hydrogen (secondary N) is 2. The van der Waals surface area contributed by atoms with Gasteiger partial charge in [-0.25, -0.2) is 4.79 Å². The second-order valence-electron chi connectivity index (χ2n) is 4.95. The number of carbonyl (C=O) groups is 1. The van der Waals surface area contributed by atoms with Gasteiger partial charge in [0.2, 0.25) is 5.91 Å². The number of rotatable bonds is 4. The first-order valence-electron chi connectivity index (χ1n) is 6.27. The molecule has 7 nitrogen and oxygen atoms in total. The van der Waals surface area contributed by atoms with Gasteiger partial charge in [-0.3, -0.25) is 19.1 Å². The average molecular weight is 267 g/mol. The van der Waals surface area contributed by atoms with Gasteiger partial charge in [0, 0.05) is 18.8 Å². The van der Waals surface area contributed by atoms with Crippen LogP contribution in [0.5, 0.6) is 0 Å². The summed E-state index contributed by atoms with van der Waals surface area (Å²) < 4.78 is 1.11. The third kappa shape index (κ3) is 3.54. The lowest BCUT2D eigenvalue weighted by molar-refractivity contribution is -0.123. The van der Waals surface area contributed by atoms with E-state index in [4.69, 9.17) is 0 Å². The lowest BCUT2D eigenvalue weighted by atomic mass is 10.0. The molecule has 1 aliphatic rings. The zero-order valence-electron chi connectivity index (χ0n) is 10.5. The third-order valence-corrected chi connectivity index (χ3v) is 3.36. The summed E-state index contributed by atoms with van der Waals surface area (Å²) in [6.45, 7) is 0.0234. The van der Waals surface area contributed by atoms with E-state index in [1.807, 2.05) is 0 Å². The van der Waals surface area contributed by atoms with Crippen molar-refractivity contribution in [1.82, 2.24) is 14.9 Å². The molecular formula is C12H17N3O4. The zero-order valence-corrected chi connectivity index (χ0v) is 10.5. The molecule has 0 aliphatic heterocycles. The maximum Gasteiger partial charge on any atom is 0.328 e. The smallest absolute Gasteiger partial charge is 0.328 e. The minimum absolute atomic E-state index is 0.175. The second kappa shape index (κ2) is 5.40. The Labute approximate surface area is 109 Å². The van der Waals surface area contributed by atoms with E-state index in [2.05, 4.69) is 10.3 Å². The minimum atomic E-state index is -0.814. The molecule has 1 heterocycles. The van der Waals surface area contributed by atoms with Crippen molar-refractivity contribution in [3.63, 3.8) is 0 Å². The molecule has 0 radical (unpaired) electrons. The number of aliphatic hydroxyl groups is 1. The number of nitrogens with zero attached hydrogens (tertiary/aromatic N) is 1. The van der Waals surface area contributed by atoms with Crippen LogP contribution < -0.4 is 16.6 Å². The Bertz CT molecular complexity index is 569. The summed E-state index contributed by atoms with van der Waals surface area (Å²) in [4.78, 5) is 36.0. The van der Waals surface area contributed by atoms with Crippen LogP contribution in [-0.4, -0.2) is 32.7 Å². The molecule has 0 bridgehead atoms. The molecule has 1 aromatic heterocycles. The van der Waals surface area contributed by atoms with E-state index in [-0.39, 0.29) is 19.0 Å². The molecule has 104 valence electrons. The first-order chi connectivity index (χ1) is 8.98. The van der Waals surface area contributed by atoms with Gasteiger partial charge in [0.15, 0.2) is 0 Å². The van der Waals surface area contributed by atoms with Crippen molar-refractivity contribution >= 4 is 5.91 Å². The molecule has 0 atom stereocenters. The molecule has 1 aliphatic carbocycles. The molecule has 3 N–H and O–H groups in total. The summed E-state index contributed by atoms with van der Waals surface area (Å²) in [5, 5.41) is 12.7. The standard InChI is InChI=1S/C12H17N3O4/c16-9-3-6-15(11(18)14-9)7-10(17)13-8-12(19)4-1-2-5-12/h3,6,19H,1-2,4-5,7-8H2,(H,13,17)(H,14,16,18). The monoisotopic (exact) mass is 267 g/mol. The van der Waals surface area contributed by atoms with Crippen LogP contribution in [0.4, 0.5) is 0 Å². The first kappa shape index (κ1) is 13.5. The number of hydrogen-bond donors (Lipinski definition) is 3. The van der Waals surface area contributed by atoms with E-state index in [1.165, 1.54) is 12.3 Å². The van der Waals surface area contributed by atoms with Crippen molar-refractivity contribution in [3.8, 4) is 0 Å². The van der Waals surface area contributed by atoms with Crippen LogP contribution in [0.2, 0.25) is 0 Å². The van der Waals surface area contributed by atoms with Crippen molar-refractivity contribution in [1.29, 1.82) is 0 Å². The Balaban J connectivity index is 1.90. The molecule has 1 amide bonds. The average Bonchev–Trinajstić information content (AvgIpc) is 2.78. The zero-order chi connectivity index (χ0) is 13.9. The van der Waals surface area contributed by atoms with E-state index in [0.717, 1.165) is 17.4 Å². The summed E-state index contributed by atoms with van der Waals surface area (Å²) >= 11 is 0. The van der Waals surface area contributed by atoms with Gasteiger partial charge in [0.05, 0.1) is 5.60 Å². The number of H-pyrrole nitrogens is 1. The Morgan fingerprint density at radius 1 is 1.42 bits per heavy atom. The van der Waals surface area contributed by atoms with Crippen molar-refractivity contribution in [2.24, 2.45) is 0 Å². The fourth-order valence-corrected chi connectivity index (χ4v) is 2.25. The molecule has 0 unspecified atom stereocenters. The van der Waals surface area contributed by atoms with Gasteiger partial charge in [-0.2, -0.15) is 0 Å². The van der Waals surface area contributed by atoms with Crippen molar-refractivity contribution in [2.45, 2.75) is 37.8 Å². The van der Waals surface area contributed by atoms with E-state index in [0.29, 0.717) is 12.8 Å². The lowest BCUT2D eigenvalue weighted by Gasteiger charge is -2.22. The van der Waals surface area contributed by atoms with Gasteiger partial charge in [0.1, 0.15) is 6.54 Å². The van der Waals surface area contributed by atoms with E-state index < -0.39 is 16.9 Å². The van der Waals surface area contributed by atoms with Crippen LogP contribution in [0.15, 0.2) is 21.9 Å². The SMILES string of the molecule is O=C(Cn1ccc(=O)[nH]c1=O)NCC1(O)CCCC1. The number of amides is 1. The van der Waals surface area contributed by atoms with Gasteiger partial charge in [0.25, 0.3) is 5.56 Å². The van der Waals surface area contributed by atoms with Crippen LogP contribution in [0.3, 0.4) is 0 Å². The lowest BCUT2D eigenvalue weighted by Crippen LogP contribution is -2.43. The molecule has 1 aromatic rings. The predicted molar refractivity (Wildman–Crippen MR) is 67.8 cm³/mol. The van der Waals surface area contributed by atoms with Crippen molar-refractivity contribution < 1.29 is 9.90 Å². The molecular weight excluding hydrogens is 250 g/mol. The highest BCUT2D eigenvalue weighted by Crippen LogP contribution is 2.28. The fourth-order valence-electron chi connectivity index (χ4n) is 2.25. The van der Waals surface area contributed by atoms with Gasteiger partial charge >= 0.3 is 5.69 Å². The summed E-state index contributed by atoms with van der Waals surface area (Å²) in [5.74, 6) is -0.366. The number of aromatic nitrogens is 2. The summed E-state index contributed by atoms with van der Waals surface area (Å²) in [7, 11) is 0. The molecule has 1 fully saturated rings. The Morgan fingerprint density at radius 2 is 2.11 bits per heavy atom. The van der Waals surface area contributed by atoms with Crippen LogP contribution in [0, 0.1) is 0 Å². The topological polar surface area (TPSA) is 104 Å². The number of carbonyl (C=O) groups excluding carboxylic acids is 1. The number of aromatic amines is 1. The van der Waals surface area contributed by atoms with Gasteiger partial charge < -0.3 is 10.4 Å². The van der Waals surface area contributed by atoms with Crippen LogP contribution >= 0.6 is 0 Å². The summed E-state index contributed by atoms with van der Waals surface area (Å²) in [6, 6.07) is 1.18. The van der Waals surface area contributed by atoms with E-state index in [9.17, 15) is 19.5 Å². The van der Waals surface area contributed by atoms with Gasteiger partial charge in [-0.1, -0.05) is 12.8 Å². The fraction of sp³-hybridized carbons (Fsp3) is 0.583. The third-order valence-electron chi connectivity index (χ3n) is 3.36. The first-order valence-corrected chi connectivity index (χ1v) is 6.27. The van der Waals surface area contributed by atoms with Crippen LogP contribution in [0.1, 0.15) is 25.7 Å². The maximum atomic E-state index is 11.7. The molecule has 0 aromatic carbocycles. The largest absolute Gasteiger partial charge is 0.388 e. The highest BCUT2D eigenvalue weighted by Gasteiger charge is 2.31. The molecule has 0 saturated heterocycles. The Kier molecular flexibility index (Phi) is 3.84. The summed E-state index contributed by atoms with van der Waals surface area (Å²) in [5.41, 5.74) is -1.94. The molecule has 7 heteroatoms. The van der Waals surface area contributed by atoms with Crippen LogP contribution in [0.25, 0.3) is 0 Å². The van der Waals surface area contributed by atoms with Gasteiger partial charge in [-0.05, 0) is 12.8 Å². The van der Waals surface area contributed by atoms with E-state index in [1.54, 1.807) is 0 Å². The number of hydrogen-bond acceptors (Lipinski definition) is 4. The highest BCUT2D eigenvalue weighted by molar-refractivity contribution is 5.75. The quantitative estimate of drug-likeness (QED) is 0.648. The minimum Gasteiger partial charge on any atom is -0.388 e. The molecule has 1 saturated carbocycles. The Morgan fingerprint density at radius 3 is 2.74 bits per heavy atom. The molecule has 19 heavy (non-hydrogen) atoms. The van der Waals surface area contributed by atoms with E-state index >= 15 is 0 Å². The predicted octanol–water partition coefficient (Wildman–Crippen LogP) is -1.04. The second-order valence-corrected chi connectivity index (χ2v) is 4.95. The Hall–Kier alpha value is -1.89. The van der Waals surface area contributed by atoms with Crippen molar-refractivity contribution in [3.05, 3.63) is 33.1 Å². The summed E-state index contributed by atoms with van der Waals surface area (Å²) in [6.07, 6.45) is 4.57. The molecule has 0 spiro atoms. The van der Waals surface area contributed by atoms with Gasteiger partial charge in [-0.15, -0.1) is 0 Å². The van der Waals surface area contributed by atoms with Crippen LogP contribution in [-0.2, 0) is 11.3 Å². The highest BCUT2D eigenvalue weighted by atomic mass is 16.3. The van der Waals surface area contributed by atoms with Crippen molar-refractivity contribution in [2.75, 3.05) is 6.54 Å².